The van der Waals surface area contributed by atoms with Gasteiger partial charge in [-0.3, -0.25) is 10.5 Å². The van der Waals surface area contributed by atoms with E-state index in [1.807, 2.05) is 0 Å². The lowest BCUT2D eigenvalue weighted by Gasteiger charge is -2.12. The number of Topliss-reactive ketones (excluding diaryl/α,β-unsaturated/α-hetero) is 1. The second kappa shape index (κ2) is 3.82. The molecule has 9 heavy (non-hydrogen) atoms. The molecule has 0 saturated carbocycles. The minimum Gasteiger partial charge on any atom is -0.369 e. The lowest BCUT2D eigenvalue weighted by molar-refractivity contribution is -0.134. The van der Waals surface area contributed by atoms with Crippen LogP contribution in [-0.2, 0) is 4.79 Å². The monoisotopic (exact) mass is 153 g/mol. The molecule has 56 valence electrons. The fraction of sp³-hybridized carbons (Fsp3) is 0.800. The lowest BCUT2D eigenvalue weighted by atomic mass is 10.1. The SMILES string of the molecule is CCC(=O)C(C)(N)O.Cl. The summed E-state index contributed by atoms with van der Waals surface area (Å²) in [5, 5.41) is 8.71. The Hall–Kier alpha value is -0.120. The van der Waals surface area contributed by atoms with Gasteiger partial charge in [-0.05, 0) is 6.92 Å². The molecule has 0 spiro atoms. The van der Waals surface area contributed by atoms with Crippen LogP contribution in [0.5, 0.6) is 0 Å². The molecule has 0 saturated heterocycles. The van der Waals surface area contributed by atoms with Crippen molar-refractivity contribution in [2.45, 2.75) is 26.0 Å². The molecule has 0 rings (SSSR count). The molecule has 1 atom stereocenters. The summed E-state index contributed by atoms with van der Waals surface area (Å²) in [5.41, 5.74) is 3.37. The van der Waals surface area contributed by atoms with Crippen LogP contribution in [-0.4, -0.2) is 16.6 Å². The molecule has 0 aliphatic carbocycles. The molecule has 0 aromatic carbocycles. The number of rotatable bonds is 2. The Labute approximate surface area is 60.6 Å². The normalized spacial score (nSPS) is 15.6. The Morgan fingerprint density at radius 1 is 1.78 bits per heavy atom. The van der Waals surface area contributed by atoms with Crippen molar-refractivity contribution in [1.82, 2.24) is 0 Å². The van der Waals surface area contributed by atoms with Gasteiger partial charge in [0.1, 0.15) is 0 Å². The highest BCUT2D eigenvalue weighted by Crippen LogP contribution is 1.96. The number of carbonyl (C=O) groups excluding carboxylic acids is 1. The molecule has 0 fully saturated rings. The van der Waals surface area contributed by atoms with E-state index in [1.165, 1.54) is 6.92 Å². The van der Waals surface area contributed by atoms with Crippen LogP contribution < -0.4 is 5.73 Å². The van der Waals surface area contributed by atoms with E-state index in [2.05, 4.69) is 0 Å². The van der Waals surface area contributed by atoms with E-state index in [0.717, 1.165) is 0 Å². The van der Waals surface area contributed by atoms with Gasteiger partial charge in [-0.25, -0.2) is 0 Å². The summed E-state index contributed by atoms with van der Waals surface area (Å²) in [7, 11) is 0. The molecule has 0 aromatic rings. The largest absolute Gasteiger partial charge is 0.369 e. The van der Waals surface area contributed by atoms with Crippen molar-refractivity contribution in [3.63, 3.8) is 0 Å². The number of carbonyl (C=O) groups is 1. The zero-order valence-electron chi connectivity index (χ0n) is 5.55. The van der Waals surface area contributed by atoms with Gasteiger partial charge in [-0.15, -0.1) is 12.4 Å². The molecule has 0 radical (unpaired) electrons. The topological polar surface area (TPSA) is 63.3 Å². The van der Waals surface area contributed by atoms with Crippen molar-refractivity contribution in [2.24, 2.45) is 5.73 Å². The fourth-order valence-corrected chi connectivity index (χ4v) is 0.358. The number of aliphatic hydroxyl groups is 1. The summed E-state index contributed by atoms with van der Waals surface area (Å²) in [6.07, 6.45) is 0.281. The predicted octanol–water partition coefficient (Wildman–Crippen LogP) is 0.0545. The van der Waals surface area contributed by atoms with Crippen molar-refractivity contribution >= 4 is 18.2 Å². The molecular weight excluding hydrogens is 142 g/mol. The molecular formula is C5H12ClNO2. The highest BCUT2D eigenvalue weighted by molar-refractivity contribution is 5.85. The number of hydrogen-bond donors (Lipinski definition) is 2. The predicted molar refractivity (Wildman–Crippen MR) is 37.4 cm³/mol. The standard InChI is InChI=1S/C5H11NO2.ClH/c1-3-4(7)5(2,6)8;/h8H,3,6H2,1-2H3;1H. The average molecular weight is 154 g/mol. The molecule has 0 amide bonds. The van der Waals surface area contributed by atoms with Crippen molar-refractivity contribution in [2.75, 3.05) is 0 Å². The van der Waals surface area contributed by atoms with Gasteiger partial charge in [0.15, 0.2) is 11.5 Å². The van der Waals surface area contributed by atoms with Gasteiger partial charge < -0.3 is 5.11 Å². The van der Waals surface area contributed by atoms with E-state index in [1.54, 1.807) is 6.92 Å². The minimum atomic E-state index is -1.63. The molecule has 0 bridgehead atoms. The van der Waals surface area contributed by atoms with Crippen molar-refractivity contribution in [3.05, 3.63) is 0 Å². The first kappa shape index (κ1) is 11.6. The van der Waals surface area contributed by atoms with Crippen LogP contribution in [0.2, 0.25) is 0 Å². The van der Waals surface area contributed by atoms with Gasteiger partial charge in [0.25, 0.3) is 0 Å². The highest BCUT2D eigenvalue weighted by atomic mass is 35.5. The smallest absolute Gasteiger partial charge is 0.178 e. The van der Waals surface area contributed by atoms with Crippen molar-refractivity contribution in [1.29, 1.82) is 0 Å². The van der Waals surface area contributed by atoms with Gasteiger partial charge in [-0.2, -0.15) is 0 Å². The van der Waals surface area contributed by atoms with Gasteiger partial charge in [0, 0.05) is 6.42 Å². The van der Waals surface area contributed by atoms with Gasteiger partial charge in [-0.1, -0.05) is 6.92 Å². The molecule has 3 nitrogen and oxygen atoms in total. The van der Waals surface area contributed by atoms with Crippen molar-refractivity contribution in [3.8, 4) is 0 Å². The molecule has 0 aromatic heterocycles. The van der Waals surface area contributed by atoms with Crippen LogP contribution >= 0.6 is 12.4 Å². The molecule has 1 unspecified atom stereocenters. The minimum absolute atomic E-state index is 0. The third-order valence-corrected chi connectivity index (χ3v) is 0.886. The second-order valence-electron chi connectivity index (χ2n) is 1.92. The Kier molecular flexibility index (Phi) is 4.95. The molecule has 0 heterocycles. The zero-order valence-corrected chi connectivity index (χ0v) is 6.36. The van der Waals surface area contributed by atoms with Gasteiger partial charge in [0.2, 0.25) is 0 Å². The van der Waals surface area contributed by atoms with E-state index in [0.29, 0.717) is 0 Å². The maximum atomic E-state index is 10.5. The summed E-state index contributed by atoms with van der Waals surface area (Å²) in [6.45, 7) is 2.93. The fourth-order valence-electron chi connectivity index (χ4n) is 0.358. The first-order valence-electron chi connectivity index (χ1n) is 2.53. The van der Waals surface area contributed by atoms with Crippen LogP contribution in [0.3, 0.4) is 0 Å². The van der Waals surface area contributed by atoms with Crippen LogP contribution in [0, 0.1) is 0 Å². The van der Waals surface area contributed by atoms with Gasteiger partial charge in [0.05, 0.1) is 0 Å². The molecule has 3 N–H and O–H groups in total. The Balaban J connectivity index is 0. The third kappa shape index (κ3) is 4.39. The summed E-state index contributed by atoms with van der Waals surface area (Å²) < 4.78 is 0. The number of hydrogen-bond acceptors (Lipinski definition) is 3. The summed E-state index contributed by atoms with van der Waals surface area (Å²) in [6, 6.07) is 0. The first-order chi connectivity index (χ1) is 3.48. The van der Waals surface area contributed by atoms with Gasteiger partial charge >= 0.3 is 0 Å². The summed E-state index contributed by atoms with van der Waals surface area (Å²) in [5.74, 6) is -0.336. The quantitative estimate of drug-likeness (QED) is 0.552. The first-order valence-corrected chi connectivity index (χ1v) is 2.53. The van der Waals surface area contributed by atoms with Crippen LogP contribution in [0.25, 0.3) is 0 Å². The molecule has 0 aliphatic rings. The molecule has 0 aliphatic heterocycles. The summed E-state index contributed by atoms with van der Waals surface area (Å²) in [4.78, 5) is 10.5. The van der Waals surface area contributed by atoms with E-state index in [9.17, 15) is 4.79 Å². The Bertz CT molecular complexity index is 97.6. The Morgan fingerprint density at radius 2 is 2.11 bits per heavy atom. The van der Waals surface area contributed by atoms with Crippen LogP contribution in [0.1, 0.15) is 20.3 Å². The second-order valence-corrected chi connectivity index (χ2v) is 1.92. The molecule has 4 heteroatoms. The zero-order chi connectivity index (χ0) is 6.78. The average Bonchev–Trinajstić information content (AvgIpc) is 1.62. The number of ketones is 1. The highest BCUT2D eigenvalue weighted by Gasteiger charge is 2.21. The van der Waals surface area contributed by atoms with E-state index in [-0.39, 0.29) is 24.6 Å². The van der Waals surface area contributed by atoms with E-state index >= 15 is 0 Å². The van der Waals surface area contributed by atoms with Crippen molar-refractivity contribution < 1.29 is 9.90 Å². The maximum absolute atomic E-state index is 10.5. The van der Waals surface area contributed by atoms with Crippen LogP contribution in [0.15, 0.2) is 0 Å². The van der Waals surface area contributed by atoms with Crippen LogP contribution in [0.4, 0.5) is 0 Å². The maximum Gasteiger partial charge on any atom is 0.178 e. The number of halogens is 1. The van der Waals surface area contributed by atoms with E-state index < -0.39 is 5.72 Å². The van der Waals surface area contributed by atoms with E-state index in [4.69, 9.17) is 10.8 Å². The third-order valence-electron chi connectivity index (χ3n) is 0.886. The lowest BCUT2D eigenvalue weighted by Crippen LogP contribution is -2.44. The summed E-state index contributed by atoms with van der Waals surface area (Å²) >= 11 is 0. The Morgan fingerprint density at radius 3 is 2.11 bits per heavy atom. The number of nitrogens with two attached hydrogens (primary N) is 1.